The van der Waals surface area contributed by atoms with Crippen LogP contribution in [0.1, 0.15) is 31.2 Å². The maximum Gasteiger partial charge on any atom is 0.0455 e. The van der Waals surface area contributed by atoms with Gasteiger partial charge in [0, 0.05) is 16.1 Å². The molecule has 3 unspecified atom stereocenters. The number of nitrogens with one attached hydrogen (secondary N) is 1. The van der Waals surface area contributed by atoms with Gasteiger partial charge in [0.25, 0.3) is 0 Å². The van der Waals surface area contributed by atoms with E-state index in [4.69, 9.17) is 23.2 Å². The molecule has 0 saturated heterocycles. The summed E-state index contributed by atoms with van der Waals surface area (Å²) in [6, 6.07) is 6.49. The van der Waals surface area contributed by atoms with Crippen LogP contribution in [0.4, 0.5) is 0 Å². The van der Waals surface area contributed by atoms with Gasteiger partial charge in [0.1, 0.15) is 0 Å². The van der Waals surface area contributed by atoms with Gasteiger partial charge in [0.15, 0.2) is 0 Å². The van der Waals surface area contributed by atoms with Crippen molar-refractivity contribution in [2.75, 3.05) is 7.05 Å². The zero-order valence-electron chi connectivity index (χ0n) is 9.63. The van der Waals surface area contributed by atoms with Gasteiger partial charge < -0.3 is 5.32 Å². The third kappa shape index (κ3) is 2.09. The highest BCUT2D eigenvalue weighted by Gasteiger charge is 2.40. The molecule has 0 aliphatic heterocycles. The van der Waals surface area contributed by atoms with Gasteiger partial charge in [-0.25, -0.2) is 0 Å². The first-order chi connectivity index (χ1) is 7.67. The molecule has 0 radical (unpaired) electrons. The number of hydrogen-bond donors (Lipinski definition) is 1. The topological polar surface area (TPSA) is 12.0 Å². The lowest BCUT2D eigenvalue weighted by molar-refractivity contribution is 0.169. The van der Waals surface area contributed by atoms with E-state index in [2.05, 4.69) is 18.3 Å². The molecule has 3 atom stereocenters. The Balaban J connectivity index is 2.19. The Labute approximate surface area is 107 Å². The second kappa shape index (κ2) is 4.95. The fourth-order valence-corrected chi connectivity index (χ4v) is 3.32. The predicted molar refractivity (Wildman–Crippen MR) is 70.4 cm³/mol. The smallest absolute Gasteiger partial charge is 0.0455 e. The number of benzene rings is 1. The molecular formula is C13H17Cl2N. The molecule has 0 heterocycles. The van der Waals surface area contributed by atoms with Gasteiger partial charge in [0.05, 0.1) is 0 Å². The highest BCUT2D eigenvalue weighted by molar-refractivity contribution is 6.35. The maximum atomic E-state index is 6.25. The van der Waals surface area contributed by atoms with Crippen LogP contribution in [-0.2, 0) is 0 Å². The molecule has 1 aliphatic rings. The van der Waals surface area contributed by atoms with Crippen molar-refractivity contribution in [3.05, 3.63) is 33.8 Å². The first kappa shape index (κ1) is 12.2. The van der Waals surface area contributed by atoms with Crippen molar-refractivity contribution in [2.45, 2.75) is 31.7 Å². The van der Waals surface area contributed by atoms with Crippen LogP contribution in [0.15, 0.2) is 18.2 Å². The third-order valence-electron chi connectivity index (χ3n) is 3.75. The summed E-state index contributed by atoms with van der Waals surface area (Å²) in [5.41, 5.74) is 1.25. The van der Waals surface area contributed by atoms with Gasteiger partial charge >= 0.3 is 0 Å². The summed E-state index contributed by atoms with van der Waals surface area (Å²) in [6.07, 6.45) is 2.37. The first-order valence-electron chi connectivity index (χ1n) is 5.79. The Morgan fingerprint density at radius 2 is 2.12 bits per heavy atom. The molecule has 3 heteroatoms. The standard InChI is InChI=1S/C13H17Cl2N/c1-3-9-11(7-13(9)16-2)10-5-4-8(14)6-12(10)15/h4-6,9,11,13,16H,3,7H2,1-2H3. The van der Waals surface area contributed by atoms with E-state index >= 15 is 0 Å². The van der Waals surface area contributed by atoms with Gasteiger partial charge in [-0.05, 0) is 43.0 Å². The average molecular weight is 258 g/mol. The Morgan fingerprint density at radius 1 is 1.38 bits per heavy atom. The molecule has 1 N–H and O–H groups in total. The molecule has 0 bridgehead atoms. The third-order valence-corrected chi connectivity index (χ3v) is 4.31. The van der Waals surface area contributed by atoms with Crippen molar-refractivity contribution in [3.63, 3.8) is 0 Å². The Hall–Kier alpha value is -0.240. The Bertz CT molecular complexity index is 378. The predicted octanol–water partition coefficient (Wildman–Crippen LogP) is 4.09. The summed E-state index contributed by atoms with van der Waals surface area (Å²) in [4.78, 5) is 0. The van der Waals surface area contributed by atoms with E-state index in [1.807, 2.05) is 19.2 Å². The number of rotatable bonds is 3. The van der Waals surface area contributed by atoms with Gasteiger partial charge in [-0.15, -0.1) is 0 Å². The van der Waals surface area contributed by atoms with Crippen molar-refractivity contribution < 1.29 is 0 Å². The van der Waals surface area contributed by atoms with Gasteiger partial charge in [-0.1, -0.05) is 42.6 Å². The van der Waals surface area contributed by atoms with E-state index in [0.717, 1.165) is 5.02 Å². The minimum absolute atomic E-state index is 0.590. The van der Waals surface area contributed by atoms with Crippen LogP contribution < -0.4 is 5.32 Å². The van der Waals surface area contributed by atoms with Gasteiger partial charge in [-0.3, -0.25) is 0 Å². The first-order valence-corrected chi connectivity index (χ1v) is 6.55. The lowest BCUT2D eigenvalue weighted by Crippen LogP contribution is -2.47. The molecule has 88 valence electrons. The van der Waals surface area contributed by atoms with Crippen molar-refractivity contribution in [1.29, 1.82) is 0 Å². The summed E-state index contributed by atoms with van der Waals surface area (Å²) < 4.78 is 0. The molecule has 16 heavy (non-hydrogen) atoms. The van der Waals surface area contributed by atoms with Crippen molar-refractivity contribution in [3.8, 4) is 0 Å². The highest BCUT2D eigenvalue weighted by Crippen LogP contribution is 2.46. The van der Waals surface area contributed by atoms with Gasteiger partial charge in [-0.2, -0.15) is 0 Å². The van der Waals surface area contributed by atoms with E-state index in [0.29, 0.717) is 22.9 Å². The van der Waals surface area contributed by atoms with Crippen LogP contribution in [0.25, 0.3) is 0 Å². The van der Waals surface area contributed by atoms with Crippen LogP contribution in [0, 0.1) is 5.92 Å². The quantitative estimate of drug-likeness (QED) is 0.860. The second-order valence-corrected chi connectivity index (χ2v) is 5.32. The molecule has 1 nitrogen and oxygen atoms in total. The van der Waals surface area contributed by atoms with Crippen LogP contribution in [0.5, 0.6) is 0 Å². The lowest BCUT2D eigenvalue weighted by atomic mass is 9.65. The lowest BCUT2D eigenvalue weighted by Gasteiger charge is -2.45. The van der Waals surface area contributed by atoms with Crippen LogP contribution in [0.3, 0.4) is 0 Å². The number of halogens is 2. The zero-order chi connectivity index (χ0) is 11.7. The minimum Gasteiger partial charge on any atom is -0.317 e. The molecule has 0 amide bonds. The van der Waals surface area contributed by atoms with Crippen LogP contribution in [0.2, 0.25) is 10.0 Å². The van der Waals surface area contributed by atoms with Crippen molar-refractivity contribution >= 4 is 23.2 Å². The Kier molecular flexibility index (Phi) is 3.78. The van der Waals surface area contributed by atoms with Crippen molar-refractivity contribution in [1.82, 2.24) is 5.32 Å². The summed E-state index contributed by atoms with van der Waals surface area (Å²) in [6.45, 7) is 2.24. The molecule has 1 aromatic rings. The van der Waals surface area contributed by atoms with Crippen molar-refractivity contribution in [2.24, 2.45) is 5.92 Å². The molecule has 1 aromatic carbocycles. The van der Waals surface area contributed by atoms with E-state index in [9.17, 15) is 0 Å². The molecule has 0 spiro atoms. The van der Waals surface area contributed by atoms with Crippen LogP contribution in [-0.4, -0.2) is 13.1 Å². The van der Waals surface area contributed by atoms with Gasteiger partial charge in [0.2, 0.25) is 0 Å². The average Bonchev–Trinajstić information content (AvgIpc) is 2.21. The van der Waals surface area contributed by atoms with Crippen LogP contribution >= 0.6 is 23.2 Å². The second-order valence-electron chi connectivity index (χ2n) is 4.48. The van der Waals surface area contributed by atoms with E-state index in [1.54, 1.807) is 0 Å². The van der Waals surface area contributed by atoms with E-state index < -0.39 is 0 Å². The summed E-state index contributed by atoms with van der Waals surface area (Å²) in [5.74, 6) is 1.29. The molecular weight excluding hydrogens is 241 g/mol. The maximum absolute atomic E-state index is 6.25. The highest BCUT2D eigenvalue weighted by atomic mass is 35.5. The summed E-state index contributed by atoms with van der Waals surface area (Å²) in [7, 11) is 2.03. The molecule has 0 aromatic heterocycles. The molecule has 1 saturated carbocycles. The molecule has 1 aliphatic carbocycles. The Morgan fingerprint density at radius 3 is 2.69 bits per heavy atom. The summed E-state index contributed by atoms with van der Waals surface area (Å²) >= 11 is 12.2. The van der Waals surface area contributed by atoms with E-state index in [-0.39, 0.29) is 0 Å². The summed E-state index contributed by atoms with van der Waals surface area (Å²) in [5, 5.41) is 4.89. The molecule has 1 fully saturated rings. The largest absolute Gasteiger partial charge is 0.317 e. The molecule has 2 rings (SSSR count). The number of hydrogen-bond acceptors (Lipinski definition) is 1. The normalized spacial score (nSPS) is 28.9. The van der Waals surface area contributed by atoms with E-state index in [1.165, 1.54) is 18.4 Å². The fourth-order valence-electron chi connectivity index (χ4n) is 2.77. The zero-order valence-corrected chi connectivity index (χ0v) is 11.1. The fraction of sp³-hybridized carbons (Fsp3) is 0.538. The minimum atomic E-state index is 0.590. The SMILES string of the molecule is CCC1C(NC)CC1c1ccc(Cl)cc1Cl. The monoisotopic (exact) mass is 257 g/mol.